The van der Waals surface area contributed by atoms with Crippen LogP contribution in [0.3, 0.4) is 0 Å². The summed E-state index contributed by atoms with van der Waals surface area (Å²) in [6.07, 6.45) is 8.10. The van der Waals surface area contributed by atoms with E-state index >= 15 is 0 Å². The number of allylic oxidation sites excluding steroid dienone is 2. The first-order chi connectivity index (χ1) is 13.0. The van der Waals surface area contributed by atoms with E-state index in [1.807, 2.05) is 24.3 Å². The minimum absolute atomic E-state index is 0. The molecule has 3 N–H and O–H groups in total. The van der Waals surface area contributed by atoms with Crippen molar-refractivity contribution in [1.29, 1.82) is 0 Å². The zero-order chi connectivity index (χ0) is 19.4. The summed E-state index contributed by atoms with van der Waals surface area (Å²) in [5, 5.41) is 31.4. The minimum atomic E-state index is -0.995. The fraction of sp³-hybridized carbons (Fsp3) is 0.565. The summed E-state index contributed by atoms with van der Waals surface area (Å²) in [7, 11) is 0. The van der Waals surface area contributed by atoms with Crippen LogP contribution in [0, 0.1) is 19.4 Å². The van der Waals surface area contributed by atoms with Crippen LogP contribution in [-0.4, -0.2) is 33.1 Å². The summed E-state index contributed by atoms with van der Waals surface area (Å²) in [5.74, 6) is 0.0108. The Hall–Kier alpha value is -0.566. The molecule has 3 unspecified atom stereocenters. The Kier molecular flexibility index (Phi) is 8.86. The molecule has 0 bridgehead atoms. The predicted octanol–water partition coefficient (Wildman–Crippen LogP) is 3.95. The van der Waals surface area contributed by atoms with Crippen molar-refractivity contribution in [1.82, 2.24) is 0 Å². The maximum absolute atomic E-state index is 10.6. The number of benzene rings is 1. The standard InChI is InChI=1S/C23H30NO3.Y/c1-3-4-5-6-8-18-19(24-2)15-20(25)21(18)16-9-11-17(12-10-16)22(26)23(27)13-7-14-23;/h5-6,9-12,18-22,25-27H,1,3-4,7-8,13-15H2;/q-1;/b6-5-;/t18?,19-,20-,21?,22?;/m1./s1. The molecule has 2 saturated carbocycles. The zero-order valence-electron chi connectivity index (χ0n) is 16.4. The fourth-order valence-electron chi connectivity index (χ4n) is 4.53. The van der Waals surface area contributed by atoms with Gasteiger partial charge in [-0.1, -0.05) is 42.8 Å². The first kappa shape index (κ1) is 23.7. The van der Waals surface area contributed by atoms with Crippen molar-refractivity contribution in [3.05, 3.63) is 65.9 Å². The van der Waals surface area contributed by atoms with Crippen LogP contribution >= 0.6 is 0 Å². The molecule has 1 radical (unpaired) electrons. The molecule has 4 nitrogen and oxygen atoms in total. The molecule has 3 rings (SSSR count). The predicted molar refractivity (Wildman–Crippen MR) is 106 cm³/mol. The number of rotatable bonds is 7. The molecule has 0 heterocycles. The van der Waals surface area contributed by atoms with Gasteiger partial charge < -0.3 is 27.1 Å². The zero-order valence-corrected chi connectivity index (χ0v) is 19.2. The van der Waals surface area contributed by atoms with Gasteiger partial charge in [-0.2, -0.15) is 6.42 Å². The third-order valence-electron chi connectivity index (χ3n) is 6.33. The summed E-state index contributed by atoms with van der Waals surface area (Å²) in [6, 6.07) is 7.41. The first-order valence-corrected chi connectivity index (χ1v) is 9.99. The summed E-state index contributed by atoms with van der Waals surface area (Å²) in [4.78, 5) is 3.76. The van der Waals surface area contributed by atoms with E-state index in [4.69, 9.17) is 6.57 Å². The molecule has 0 spiro atoms. The SMILES string of the molecule is [C-]#[N+][C@@H]1C[C@@H](O)C(c2ccc(C(O)C3(O)CCC3)cc2)C1C/C=C\CC[CH2-].[Y]. The summed E-state index contributed by atoms with van der Waals surface area (Å²) in [6.45, 7) is 11.3. The topological polar surface area (TPSA) is 65.0 Å². The van der Waals surface area contributed by atoms with Gasteiger partial charge in [0, 0.05) is 51.0 Å². The van der Waals surface area contributed by atoms with Crippen molar-refractivity contribution in [2.24, 2.45) is 5.92 Å². The van der Waals surface area contributed by atoms with E-state index in [1.54, 1.807) is 0 Å². The molecule has 5 heteroatoms. The summed E-state index contributed by atoms with van der Waals surface area (Å²) < 4.78 is 0. The second-order valence-electron chi connectivity index (χ2n) is 8.06. The van der Waals surface area contributed by atoms with E-state index in [-0.39, 0.29) is 50.6 Å². The van der Waals surface area contributed by atoms with Gasteiger partial charge in [-0.05, 0) is 36.8 Å². The van der Waals surface area contributed by atoms with Crippen LogP contribution in [0.25, 0.3) is 4.85 Å². The van der Waals surface area contributed by atoms with E-state index in [0.29, 0.717) is 24.8 Å². The van der Waals surface area contributed by atoms with Crippen LogP contribution in [0.1, 0.15) is 68.1 Å². The Labute approximate surface area is 193 Å². The van der Waals surface area contributed by atoms with Crippen LogP contribution in [0.4, 0.5) is 0 Å². The molecule has 5 atom stereocenters. The van der Waals surface area contributed by atoms with Crippen molar-refractivity contribution >= 4 is 0 Å². The third-order valence-corrected chi connectivity index (χ3v) is 6.33. The van der Waals surface area contributed by atoms with E-state index < -0.39 is 17.8 Å². The van der Waals surface area contributed by atoms with Crippen molar-refractivity contribution in [2.75, 3.05) is 0 Å². The first-order valence-electron chi connectivity index (χ1n) is 9.99. The Morgan fingerprint density at radius 2 is 1.93 bits per heavy atom. The molecule has 2 aliphatic rings. The molecule has 2 aliphatic carbocycles. The van der Waals surface area contributed by atoms with Gasteiger partial charge in [-0.25, -0.2) is 6.57 Å². The third kappa shape index (κ3) is 4.94. The molecule has 149 valence electrons. The molecule has 1 aromatic carbocycles. The fourth-order valence-corrected chi connectivity index (χ4v) is 4.53. The van der Waals surface area contributed by atoms with Gasteiger partial charge in [0.2, 0.25) is 6.04 Å². The van der Waals surface area contributed by atoms with Gasteiger partial charge in [0.25, 0.3) is 0 Å². The Morgan fingerprint density at radius 1 is 1.25 bits per heavy atom. The van der Waals surface area contributed by atoms with Gasteiger partial charge in [0.1, 0.15) is 6.10 Å². The molecule has 28 heavy (non-hydrogen) atoms. The molecule has 1 aromatic rings. The van der Waals surface area contributed by atoms with Crippen molar-refractivity contribution in [3.63, 3.8) is 0 Å². The second kappa shape index (κ2) is 10.5. The van der Waals surface area contributed by atoms with E-state index in [2.05, 4.69) is 23.9 Å². The average Bonchev–Trinajstić information content (AvgIpc) is 2.98. The number of aliphatic hydroxyl groups excluding tert-OH is 2. The van der Waals surface area contributed by atoms with Crippen LogP contribution in [0.15, 0.2) is 36.4 Å². The van der Waals surface area contributed by atoms with Crippen molar-refractivity contribution in [3.8, 4) is 0 Å². The summed E-state index contributed by atoms with van der Waals surface area (Å²) in [5.41, 5.74) is 0.716. The van der Waals surface area contributed by atoms with Crippen LogP contribution in [-0.2, 0) is 32.7 Å². The molecule has 2 fully saturated rings. The Balaban J connectivity index is 0.00000280. The van der Waals surface area contributed by atoms with Crippen molar-refractivity contribution in [2.45, 2.75) is 74.7 Å². The average molecular weight is 457 g/mol. The molecular formula is C23H30NO3Y-. The molecule has 0 aromatic heterocycles. The Bertz CT molecular complexity index is 693. The van der Waals surface area contributed by atoms with Gasteiger partial charge in [0.15, 0.2) is 0 Å². The van der Waals surface area contributed by atoms with Crippen molar-refractivity contribution < 1.29 is 48.0 Å². The van der Waals surface area contributed by atoms with E-state index in [0.717, 1.165) is 31.2 Å². The molecular weight excluding hydrogens is 427 g/mol. The van der Waals surface area contributed by atoms with E-state index in [9.17, 15) is 15.3 Å². The number of nitrogens with zero attached hydrogens (tertiary/aromatic N) is 1. The second-order valence-corrected chi connectivity index (χ2v) is 8.06. The van der Waals surface area contributed by atoms with Crippen LogP contribution < -0.4 is 0 Å². The maximum atomic E-state index is 10.6. The minimum Gasteiger partial charge on any atom is -0.392 e. The van der Waals surface area contributed by atoms with Gasteiger partial charge in [0.05, 0.1) is 11.7 Å². The smallest absolute Gasteiger partial charge is 0.230 e. The molecule has 0 amide bonds. The van der Waals surface area contributed by atoms with Gasteiger partial charge >= 0.3 is 0 Å². The van der Waals surface area contributed by atoms with E-state index in [1.165, 1.54) is 0 Å². The number of hydrogen-bond donors (Lipinski definition) is 3. The quantitative estimate of drug-likeness (QED) is 0.429. The maximum Gasteiger partial charge on any atom is 0.230 e. The van der Waals surface area contributed by atoms with Crippen LogP contribution in [0.2, 0.25) is 0 Å². The van der Waals surface area contributed by atoms with Gasteiger partial charge in [-0.3, -0.25) is 0 Å². The summed E-state index contributed by atoms with van der Waals surface area (Å²) >= 11 is 0. The number of aliphatic hydroxyl groups is 3. The number of unbranched alkanes of at least 4 members (excludes halogenated alkanes) is 1. The van der Waals surface area contributed by atoms with Crippen LogP contribution in [0.5, 0.6) is 0 Å². The van der Waals surface area contributed by atoms with Gasteiger partial charge in [-0.15, -0.1) is 0 Å². The largest absolute Gasteiger partial charge is 0.392 e. The molecule has 0 aliphatic heterocycles. The Morgan fingerprint density at radius 3 is 2.46 bits per heavy atom. The monoisotopic (exact) mass is 457 g/mol. The normalized spacial score (nSPS) is 29.7. The number of hydrogen-bond acceptors (Lipinski definition) is 3. The molecule has 0 saturated heterocycles.